The van der Waals surface area contributed by atoms with Crippen LogP contribution < -0.4 is 0 Å². The number of hydrogen-bond donors (Lipinski definition) is 0. The van der Waals surface area contributed by atoms with Crippen molar-refractivity contribution in [3.05, 3.63) is 0 Å². The van der Waals surface area contributed by atoms with Crippen LogP contribution in [0.25, 0.3) is 0 Å². The Hall–Kier alpha value is -3.30. The van der Waals surface area contributed by atoms with Crippen molar-refractivity contribution in [3.63, 3.8) is 0 Å². The molecule has 10 nitrogen and oxygen atoms in total. The smallest absolute Gasteiger partial charge is 0.141 e. The minimum absolute atomic E-state index is 0. The van der Waals surface area contributed by atoms with Gasteiger partial charge in [0.1, 0.15) is 57.8 Å². The van der Waals surface area contributed by atoms with E-state index in [0.29, 0.717) is 44.9 Å². The highest BCUT2D eigenvalue weighted by Gasteiger charge is 2.37. The zero-order chi connectivity index (χ0) is 64.9. The molecule has 0 fully saturated rings. The van der Waals surface area contributed by atoms with Gasteiger partial charge in [-0.3, -0.25) is 47.9 Å². The van der Waals surface area contributed by atoms with Crippen molar-refractivity contribution in [2.24, 2.45) is 77.8 Å². The van der Waals surface area contributed by atoms with Crippen molar-refractivity contribution in [3.8, 4) is 0 Å². The number of Topliss-reactive ketones (excluding diaryl/α,β-unsaturated/α-hetero) is 10. The molecule has 0 spiro atoms. The fraction of sp³-hybridized carbons (Fsp3) is 0.861. The molecule has 4 unspecified atom stereocenters. The van der Waals surface area contributed by atoms with Crippen molar-refractivity contribution in [2.75, 3.05) is 0 Å². The van der Waals surface area contributed by atoms with E-state index in [4.69, 9.17) is 0 Å². The Kier molecular flexibility index (Phi) is 44.0. The predicted octanol–water partition coefficient (Wildman–Crippen LogP) is 19.8. The van der Waals surface area contributed by atoms with Crippen molar-refractivity contribution >= 4 is 57.8 Å². The number of carbonyl (C=O) groups excluding carboxylic acids is 10. The summed E-state index contributed by atoms with van der Waals surface area (Å²) in [6, 6.07) is 0. The number of carbonyl (C=O) groups is 10. The van der Waals surface area contributed by atoms with Crippen LogP contribution in [0.3, 0.4) is 0 Å². The zero-order valence-electron chi connectivity index (χ0n) is 58.2. The summed E-state index contributed by atoms with van der Waals surface area (Å²) in [5, 5.41) is 0. The Morgan fingerprint density at radius 2 is 0.366 bits per heavy atom. The fourth-order valence-corrected chi connectivity index (χ4v) is 7.52. The van der Waals surface area contributed by atoms with Crippen LogP contribution in [0.5, 0.6) is 0 Å². The van der Waals surface area contributed by atoms with Crippen molar-refractivity contribution in [1.29, 1.82) is 0 Å². The highest BCUT2D eigenvalue weighted by atomic mass is 16.2. The highest BCUT2D eigenvalue weighted by molar-refractivity contribution is 5.94. The maximum Gasteiger partial charge on any atom is 0.141 e. The highest BCUT2D eigenvalue weighted by Crippen LogP contribution is 2.31. The quantitative estimate of drug-likeness (QED) is 0.107. The van der Waals surface area contributed by atoms with Gasteiger partial charge in [0.15, 0.2) is 0 Å². The maximum atomic E-state index is 12.1. The van der Waals surface area contributed by atoms with E-state index in [1.54, 1.807) is 0 Å². The van der Waals surface area contributed by atoms with Crippen molar-refractivity contribution < 1.29 is 47.9 Å². The first-order valence-corrected chi connectivity index (χ1v) is 29.8. The third-order valence-electron chi connectivity index (χ3n) is 13.9. The van der Waals surface area contributed by atoms with Crippen LogP contribution in [0, 0.1) is 77.8 Å². The fourth-order valence-electron chi connectivity index (χ4n) is 7.52. The number of rotatable bonds is 20. The van der Waals surface area contributed by atoms with E-state index >= 15 is 0 Å². The molecular weight excluding hydrogens is 1020 g/mol. The van der Waals surface area contributed by atoms with Crippen molar-refractivity contribution in [2.45, 2.75) is 328 Å². The van der Waals surface area contributed by atoms with E-state index in [1.165, 1.54) is 0 Å². The average molecular weight is 1170 g/mol. The van der Waals surface area contributed by atoms with E-state index in [-0.39, 0.29) is 158 Å². The van der Waals surface area contributed by atoms with Gasteiger partial charge in [0, 0.05) is 116 Å². The maximum absolute atomic E-state index is 12.1. The predicted molar refractivity (Wildman–Crippen MR) is 352 cm³/mol. The van der Waals surface area contributed by atoms with Crippen molar-refractivity contribution in [1.82, 2.24) is 0 Å². The molecule has 0 aliphatic rings. The topological polar surface area (TPSA) is 171 Å². The van der Waals surface area contributed by atoms with E-state index in [1.807, 2.05) is 235 Å². The standard InChI is InChI=1S/C16H30O2.2C14H26O2.C13H24O2.C12H22O2.3CH4/c1-11(13(17)15(3,4)5)9-10-12(2)14(18)16(6,7)8;1-9(11(15)13(3,4)5)10(2)12(16)14(6,7)8;1-13(2,3)11(15)9-7-8-10-12(16)14(4,5)6;1-12(2,3)10(14)8-7-9-11(15)13(4,5)6;1-11(2,3)9(13)7-8-10(14)12(4,5)6;;;/h11-12H,9-10H2,1-8H3;9-10H,1-8H3;7-10H2,1-6H3;7-9H2,1-6H3;7-8H2,1-6H3;3*1H4. The molecule has 0 heterocycles. The Morgan fingerprint density at radius 1 is 0.220 bits per heavy atom. The lowest BCUT2D eigenvalue weighted by Gasteiger charge is -2.29. The molecule has 0 aromatic carbocycles. The first kappa shape index (κ1) is 95.1. The monoisotopic (exact) mass is 1170 g/mol. The number of unbranched alkanes of at least 4 members (excludes halogenated alkanes) is 1. The molecule has 488 valence electrons. The first-order valence-electron chi connectivity index (χ1n) is 29.8. The van der Waals surface area contributed by atoms with E-state index in [0.717, 1.165) is 25.7 Å². The van der Waals surface area contributed by atoms with Crippen LogP contribution in [-0.2, 0) is 47.9 Å². The molecule has 0 bridgehead atoms. The van der Waals surface area contributed by atoms with Gasteiger partial charge >= 0.3 is 0 Å². The summed E-state index contributed by atoms with van der Waals surface area (Å²) < 4.78 is 0. The lowest BCUT2D eigenvalue weighted by atomic mass is 9.73. The van der Waals surface area contributed by atoms with Crippen LogP contribution in [0.15, 0.2) is 0 Å². The summed E-state index contributed by atoms with van der Waals surface area (Å²) in [5.74, 6) is 1.97. The van der Waals surface area contributed by atoms with Gasteiger partial charge in [-0.05, 0) is 32.1 Å². The molecule has 0 radical (unpaired) electrons. The minimum atomic E-state index is -0.369. The van der Waals surface area contributed by atoms with Gasteiger partial charge in [0.2, 0.25) is 0 Å². The molecule has 4 atom stereocenters. The Labute approximate surface area is 509 Å². The Bertz CT molecular complexity index is 1810. The molecule has 0 rings (SSSR count). The van der Waals surface area contributed by atoms with Gasteiger partial charge in [0.25, 0.3) is 0 Å². The van der Waals surface area contributed by atoms with E-state index in [9.17, 15) is 47.9 Å². The second-order valence-electron chi connectivity index (χ2n) is 33.0. The van der Waals surface area contributed by atoms with Crippen LogP contribution in [-0.4, -0.2) is 57.8 Å². The summed E-state index contributed by atoms with van der Waals surface area (Å²) in [5.41, 5.74) is -2.97. The number of hydrogen-bond acceptors (Lipinski definition) is 10. The zero-order valence-corrected chi connectivity index (χ0v) is 58.2. The molecule has 0 amide bonds. The molecule has 10 heteroatoms. The summed E-state index contributed by atoms with van der Waals surface area (Å²) in [4.78, 5) is 118. The second-order valence-corrected chi connectivity index (χ2v) is 33.0. The normalized spacial score (nSPS) is 13.8. The Morgan fingerprint density at radius 3 is 0.512 bits per heavy atom. The third kappa shape index (κ3) is 44.2. The third-order valence-corrected chi connectivity index (χ3v) is 13.9. The summed E-state index contributed by atoms with van der Waals surface area (Å²) in [6.45, 7) is 65.3. The van der Waals surface area contributed by atoms with Gasteiger partial charge in [-0.25, -0.2) is 0 Å². The lowest BCUT2D eigenvalue weighted by molar-refractivity contribution is -0.139. The molecule has 82 heavy (non-hydrogen) atoms. The molecule has 0 aliphatic carbocycles. The Balaban J connectivity index is -0.000000138. The summed E-state index contributed by atoms with van der Waals surface area (Å²) in [6.07, 6.45) is 6.94. The van der Waals surface area contributed by atoms with Crippen LogP contribution >= 0.6 is 0 Å². The molecule has 0 aliphatic heterocycles. The molecule has 0 aromatic rings. The van der Waals surface area contributed by atoms with Crippen LogP contribution in [0.1, 0.15) is 328 Å². The van der Waals surface area contributed by atoms with Gasteiger partial charge in [-0.2, -0.15) is 0 Å². The van der Waals surface area contributed by atoms with Gasteiger partial charge in [-0.1, -0.05) is 258 Å². The summed E-state index contributed by atoms with van der Waals surface area (Å²) >= 11 is 0. The lowest BCUT2D eigenvalue weighted by Crippen LogP contribution is -2.37. The molecular formula is C72H140O10. The van der Waals surface area contributed by atoms with Crippen LogP contribution in [0.4, 0.5) is 0 Å². The van der Waals surface area contributed by atoms with Gasteiger partial charge in [0.05, 0.1) is 0 Å². The largest absolute Gasteiger partial charge is 0.299 e. The van der Waals surface area contributed by atoms with E-state index in [2.05, 4.69) is 0 Å². The minimum Gasteiger partial charge on any atom is -0.299 e. The number of ketones is 10. The summed E-state index contributed by atoms with van der Waals surface area (Å²) in [7, 11) is 0. The molecule has 0 saturated heterocycles. The first-order chi connectivity index (χ1) is 34.4. The molecule has 0 aromatic heterocycles. The molecule has 0 N–H and O–H groups in total. The SMILES string of the molecule is C.C.C.CC(C(=O)C(C)(C)C)C(C)C(=O)C(C)(C)C.CC(C)(C)C(=O)CCC(=O)C(C)(C)C.CC(C)(C)C(=O)CCCC(=O)C(C)(C)C.CC(C)(C)C(=O)CCCCC(=O)C(C)(C)C.CC(CCC(C)C(=O)C(C)(C)C)C(=O)C(C)(C)C. The van der Waals surface area contributed by atoms with Gasteiger partial charge < -0.3 is 0 Å². The molecule has 0 saturated carbocycles. The van der Waals surface area contributed by atoms with Crippen LogP contribution in [0.2, 0.25) is 0 Å². The van der Waals surface area contributed by atoms with E-state index < -0.39 is 0 Å². The second kappa shape index (κ2) is 38.0. The average Bonchev–Trinajstić information content (AvgIpc) is 3.24. The van der Waals surface area contributed by atoms with Gasteiger partial charge in [-0.15, -0.1) is 0 Å².